The average molecular weight is 307 g/mol. The standard InChI is InChI=1S/C16H25N3O3/c1-5-10-19(12-16(21)18(2)3)11-15(20)17-13-8-6-7-9-14(13)22-4/h6-9H,5,10-12H2,1-4H3,(H,17,20). The number of likely N-dealkylation sites (N-methyl/N-ethyl adjacent to an activating group) is 1. The minimum Gasteiger partial charge on any atom is -0.495 e. The lowest BCUT2D eigenvalue weighted by atomic mass is 10.3. The number of hydrogen-bond donors (Lipinski definition) is 1. The van der Waals surface area contributed by atoms with E-state index in [1.165, 1.54) is 4.90 Å². The second kappa shape index (κ2) is 9.04. The molecule has 0 radical (unpaired) electrons. The average Bonchev–Trinajstić information content (AvgIpc) is 2.47. The summed E-state index contributed by atoms with van der Waals surface area (Å²) < 4.78 is 5.21. The Bertz CT molecular complexity index is 503. The fourth-order valence-corrected chi connectivity index (χ4v) is 2.00. The van der Waals surface area contributed by atoms with Gasteiger partial charge in [0.25, 0.3) is 0 Å². The van der Waals surface area contributed by atoms with Crippen LogP contribution in [0.5, 0.6) is 5.75 Å². The normalized spacial score (nSPS) is 10.4. The molecule has 0 saturated carbocycles. The number of nitrogens with one attached hydrogen (secondary N) is 1. The Kier molecular flexibility index (Phi) is 7.39. The van der Waals surface area contributed by atoms with Gasteiger partial charge in [-0.2, -0.15) is 0 Å². The molecule has 2 amide bonds. The molecule has 1 aromatic rings. The van der Waals surface area contributed by atoms with Crippen LogP contribution in [0.15, 0.2) is 24.3 Å². The quantitative estimate of drug-likeness (QED) is 0.789. The van der Waals surface area contributed by atoms with Crippen molar-refractivity contribution in [3.05, 3.63) is 24.3 Å². The SMILES string of the molecule is CCCN(CC(=O)Nc1ccccc1OC)CC(=O)N(C)C. The van der Waals surface area contributed by atoms with E-state index in [9.17, 15) is 9.59 Å². The molecule has 1 aromatic carbocycles. The van der Waals surface area contributed by atoms with E-state index in [-0.39, 0.29) is 24.9 Å². The summed E-state index contributed by atoms with van der Waals surface area (Å²) in [6.45, 7) is 3.12. The first-order valence-electron chi connectivity index (χ1n) is 7.33. The first kappa shape index (κ1) is 18.0. The van der Waals surface area contributed by atoms with E-state index in [0.29, 0.717) is 18.0 Å². The largest absolute Gasteiger partial charge is 0.495 e. The van der Waals surface area contributed by atoms with Crippen molar-refractivity contribution in [2.45, 2.75) is 13.3 Å². The summed E-state index contributed by atoms with van der Waals surface area (Å²) in [7, 11) is 4.98. The molecule has 0 spiro atoms. The molecule has 0 fully saturated rings. The van der Waals surface area contributed by atoms with Gasteiger partial charge in [0.15, 0.2) is 0 Å². The molecule has 0 aliphatic carbocycles. The summed E-state index contributed by atoms with van der Waals surface area (Å²) in [5.74, 6) is 0.435. The highest BCUT2D eigenvalue weighted by molar-refractivity contribution is 5.94. The van der Waals surface area contributed by atoms with Crippen molar-refractivity contribution in [2.24, 2.45) is 0 Å². The summed E-state index contributed by atoms with van der Waals surface area (Å²) in [5.41, 5.74) is 0.630. The molecule has 0 aliphatic rings. The van der Waals surface area contributed by atoms with Gasteiger partial charge in [0.1, 0.15) is 5.75 Å². The molecule has 0 aliphatic heterocycles. The third kappa shape index (κ3) is 5.73. The zero-order chi connectivity index (χ0) is 16.5. The van der Waals surface area contributed by atoms with Crippen molar-refractivity contribution < 1.29 is 14.3 Å². The van der Waals surface area contributed by atoms with Gasteiger partial charge < -0.3 is 15.0 Å². The van der Waals surface area contributed by atoms with Crippen LogP contribution < -0.4 is 10.1 Å². The van der Waals surface area contributed by atoms with Gasteiger partial charge in [-0.25, -0.2) is 0 Å². The van der Waals surface area contributed by atoms with Crippen LogP contribution in [0.25, 0.3) is 0 Å². The van der Waals surface area contributed by atoms with Gasteiger partial charge in [-0.3, -0.25) is 14.5 Å². The smallest absolute Gasteiger partial charge is 0.238 e. The number of carbonyl (C=O) groups is 2. The fourth-order valence-electron chi connectivity index (χ4n) is 2.00. The maximum atomic E-state index is 12.2. The van der Waals surface area contributed by atoms with Crippen LogP contribution in [0.1, 0.15) is 13.3 Å². The molecule has 22 heavy (non-hydrogen) atoms. The van der Waals surface area contributed by atoms with E-state index < -0.39 is 0 Å². The maximum Gasteiger partial charge on any atom is 0.238 e. The zero-order valence-electron chi connectivity index (χ0n) is 13.8. The minimum absolute atomic E-state index is 0.0152. The first-order chi connectivity index (χ1) is 10.5. The predicted octanol–water partition coefficient (Wildman–Crippen LogP) is 1.43. The monoisotopic (exact) mass is 307 g/mol. The molecule has 6 heteroatoms. The highest BCUT2D eigenvalue weighted by Gasteiger charge is 2.16. The van der Waals surface area contributed by atoms with Crippen molar-refractivity contribution in [3.8, 4) is 5.75 Å². The van der Waals surface area contributed by atoms with Crippen LogP contribution >= 0.6 is 0 Å². The molecular weight excluding hydrogens is 282 g/mol. The summed E-state index contributed by atoms with van der Waals surface area (Å²) in [4.78, 5) is 27.4. The Morgan fingerprint density at radius 2 is 1.86 bits per heavy atom. The molecule has 122 valence electrons. The number of carbonyl (C=O) groups excluding carboxylic acids is 2. The maximum absolute atomic E-state index is 12.2. The lowest BCUT2D eigenvalue weighted by Gasteiger charge is -2.22. The third-order valence-corrected chi connectivity index (χ3v) is 3.15. The number of methoxy groups -OCH3 is 1. The molecule has 1 N–H and O–H groups in total. The molecule has 0 heterocycles. The Labute approximate surface area is 132 Å². The lowest BCUT2D eigenvalue weighted by molar-refractivity contribution is -0.130. The Morgan fingerprint density at radius 1 is 1.18 bits per heavy atom. The van der Waals surface area contributed by atoms with E-state index >= 15 is 0 Å². The summed E-state index contributed by atoms with van der Waals surface area (Å²) in [6.07, 6.45) is 0.878. The van der Waals surface area contributed by atoms with Gasteiger partial charge in [0.05, 0.1) is 25.9 Å². The number of anilines is 1. The molecule has 1 rings (SSSR count). The lowest BCUT2D eigenvalue weighted by Crippen LogP contribution is -2.41. The number of benzene rings is 1. The van der Waals surface area contributed by atoms with Crippen molar-refractivity contribution in [2.75, 3.05) is 46.2 Å². The number of para-hydroxylation sites is 2. The number of rotatable bonds is 8. The topological polar surface area (TPSA) is 61.9 Å². The van der Waals surface area contributed by atoms with Gasteiger partial charge in [0.2, 0.25) is 11.8 Å². The zero-order valence-corrected chi connectivity index (χ0v) is 13.8. The molecule has 0 aromatic heterocycles. The van der Waals surface area contributed by atoms with E-state index in [0.717, 1.165) is 6.42 Å². The van der Waals surface area contributed by atoms with E-state index in [1.807, 2.05) is 24.0 Å². The van der Waals surface area contributed by atoms with Gasteiger partial charge in [0, 0.05) is 14.1 Å². The van der Waals surface area contributed by atoms with E-state index in [4.69, 9.17) is 4.74 Å². The molecular formula is C16H25N3O3. The Hall–Kier alpha value is -2.08. The fraction of sp³-hybridized carbons (Fsp3) is 0.500. The van der Waals surface area contributed by atoms with Gasteiger partial charge >= 0.3 is 0 Å². The Balaban J connectivity index is 2.65. The van der Waals surface area contributed by atoms with E-state index in [1.54, 1.807) is 33.3 Å². The molecule has 0 bridgehead atoms. The number of ether oxygens (including phenoxy) is 1. The second-order valence-electron chi connectivity index (χ2n) is 5.25. The van der Waals surface area contributed by atoms with Gasteiger partial charge in [-0.05, 0) is 25.1 Å². The van der Waals surface area contributed by atoms with Crippen LogP contribution in [-0.2, 0) is 9.59 Å². The van der Waals surface area contributed by atoms with E-state index in [2.05, 4.69) is 5.32 Å². The first-order valence-corrected chi connectivity index (χ1v) is 7.33. The van der Waals surface area contributed by atoms with Crippen molar-refractivity contribution in [3.63, 3.8) is 0 Å². The van der Waals surface area contributed by atoms with Gasteiger partial charge in [-0.15, -0.1) is 0 Å². The molecule has 0 atom stereocenters. The number of hydrogen-bond acceptors (Lipinski definition) is 4. The van der Waals surface area contributed by atoms with Crippen molar-refractivity contribution >= 4 is 17.5 Å². The summed E-state index contributed by atoms with van der Waals surface area (Å²) in [5, 5.41) is 2.82. The predicted molar refractivity (Wildman–Crippen MR) is 87.0 cm³/mol. The highest BCUT2D eigenvalue weighted by atomic mass is 16.5. The number of amides is 2. The minimum atomic E-state index is -0.162. The molecule has 6 nitrogen and oxygen atoms in total. The van der Waals surface area contributed by atoms with Crippen LogP contribution in [0, 0.1) is 0 Å². The van der Waals surface area contributed by atoms with Crippen molar-refractivity contribution in [1.82, 2.24) is 9.80 Å². The molecule has 0 unspecified atom stereocenters. The van der Waals surface area contributed by atoms with Crippen LogP contribution in [0.2, 0.25) is 0 Å². The second-order valence-corrected chi connectivity index (χ2v) is 5.25. The van der Waals surface area contributed by atoms with Gasteiger partial charge in [-0.1, -0.05) is 19.1 Å². The van der Waals surface area contributed by atoms with Crippen molar-refractivity contribution in [1.29, 1.82) is 0 Å². The highest BCUT2D eigenvalue weighted by Crippen LogP contribution is 2.22. The van der Waals surface area contributed by atoms with Crippen LogP contribution in [0.4, 0.5) is 5.69 Å². The van der Waals surface area contributed by atoms with Crippen LogP contribution in [0.3, 0.4) is 0 Å². The number of nitrogens with zero attached hydrogens (tertiary/aromatic N) is 2. The Morgan fingerprint density at radius 3 is 2.45 bits per heavy atom. The molecule has 0 saturated heterocycles. The summed E-state index contributed by atoms with van der Waals surface area (Å²) in [6, 6.07) is 7.24. The summed E-state index contributed by atoms with van der Waals surface area (Å²) >= 11 is 0. The third-order valence-electron chi connectivity index (χ3n) is 3.15. The van der Waals surface area contributed by atoms with Crippen LogP contribution in [-0.4, -0.2) is 62.5 Å².